The Labute approximate surface area is 144 Å². The summed E-state index contributed by atoms with van der Waals surface area (Å²) in [5.74, 6) is 1.31. The fourth-order valence-corrected chi connectivity index (χ4v) is 3.19. The highest BCUT2D eigenvalue weighted by Gasteiger charge is 2.38. The van der Waals surface area contributed by atoms with Crippen molar-refractivity contribution in [2.24, 2.45) is 5.73 Å². The minimum Gasteiger partial charge on any atom is -0.338 e. The number of rotatable bonds is 4. The summed E-state index contributed by atoms with van der Waals surface area (Å²) < 4.78 is 5.58. The van der Waals surface area contributed by atoms with Crippen LogP contribution in [0.25, 0.3) is 0 Å². The Balaban J connectivity index is 0.00000192. The number of hydrogen-bond acceptors (Lipinski definition) is 4. The van der Waals surface area contributed by atoms with Crippen LogP contribution in [0, 0.1) is 0 Å². The van der Waals surface area contributed by atoms with Crippen LogP contribution in [0.5, 0.6) is 0 Å². The van der Waals surface area contributed by atoms with Crippen LogP contribution < -0.4 is 5.73 Å². The number of hydrogen-bond donors (Lipinski definition) is 1. The van der Waals surface area contributed by atoms with Gasteiger partial charge in [0.15, 0.2) is 5.82 Å². The molecule has 0 aliphatic heterocycles. The van der Waals surface area contributed by atoms with Gasteiger partial charge in [0.05, 0.1) is 11.0 Å². The largest absolute Gasteiger partial charge is 0.338 e. The summed E-state index contributed by atoms with van der Waals surface area (Å²) >= 11 is 0. The highest BCUT2D eigenvalue weighted by atomic mass is 35.5. The van der Waals surface area contributed by atoms with Crippen molar-refractivity contribution in [2.45, 2.75) is 63.8 Å². The Hall–Kier alpha value is -1.39. The Morgan fingerprint density at radius 2 is 1.78 bits per heavy atom. The number of nitrogens with two attached hydrogens (primary N) is 1. The summed E-state index contributed by atoms with van der Waals surface area (Å²) in [5.41, 5.74) is 8.23. The van der Waals surface area contributed by atoms with E-state index in [9.17, 15) is 0 Å². The van der Waals surface area contributed by atoms with Crippen molar-refractivity contribution in [1.29, 1.82) is 0 Å². The summed E-state index contributed by atoms with van der Waals surface area (Å²) in [4.78, 5) is 4.65. The molecule has 1 saturated carbocycles. The van der Waals surface area contributed by atoms with Crippen LogP contribution in [0.2, 0.25) is 0 Å². The second-order valence-corrected chi connectivity index (χ2v) is 6.96. The normalized spacial score (nSPS) is 17.0. The van der Waals surface area contributed by atoms with E-state index in [1.165, 1.54) is 11.1 Å². The molecule has 1 heterocycles. The Kier molecular flexibility index (Phi) is 5.17. The van der Waals surface area contributed by atoms with Gasteiger partial charge in [0.25, 0.3) is 0 Å². The van der Waals surface area contributed by atoms with Gasteiger partial charge in [0.1, 0.15) is 0 Å². The number of aryl methyl sites for hydroxylation is 1. The van der Waals surface area contributed by atoms with E-state index in [4.69, 9.17) is 10.3 Å². The van der Waals surface area contributed by atoms with Gasteiger partial charge in [0, 0.05) is 0 Å². The summed E-state index contributed by atoms with van der Waals surface area (Å²) in [6.07, 6.45) is 5.21. The zero-order chi connectivity index (χ0) is 15.8. The molecular formula is C18H26ClN3O. The van der Waals surface area contributed by atoms with E-state index in [0.29, 0.717) is 11.7 Å². The van der Waals surface area contributed by atoms with Crippen molar-refractivity contribution in [2.75, 3.05) is 0 Å². The molecular weight excluding hydrogens is 310 g/mol. The van der Waals surface area contributed by atoms with Gasteiger partial charge >= 0.3 is 0 Å². The molecule has 5 heteroatoms. The minimum atomic E-state index is -0.399. The van der Waals surface area contributed by atoms with Crippen LogP contribution in [0.1, 0.15) is 69.3 Å². The second kappa shape index (κ2) is 6.62. The van der Waals surface area contributed by atoms with Crippen LogP contribution in [-0.4, -0.2) is 10.1 Å². The van der Waals surface area contributed by atoms with Crippen molar-refractivity contribution in [1.82, 2.24) is 10.1 Å². The van der Waals surface area contributed by atoms with Gasteiger partial charge in [-0.3, -0.25) is 0 Å². The van der Waals surface area contributed by atoms with Crippen molar-refractivity contribution in [3.8, 4) is 0 Å². The van der Waals surface area contributed by atoms with Crippen LogP contribution >= 0.6 is 12.4 Å². The average Bonchev–Trinajstić information content (AvgIpc) is 3.17. The molecule has 3 rings (SSSR count). The van der Waals surface area contributed by atoms with Gasteiger partial charge < -0.3 is 10.3 Å². The molecule has 1 aromatic heterocycles. The maximum absolute atomic E-state index is 6.43. The van der Waals surface area contributed by atoms with Crippen LogP contribution in [0.4, 0.5) is 0 Å². The van der Waals surface area contributed by atoms with E-state index in [1.54, 1.807) is 0 Å². The molecule has 4 nitrogen and oxygen atoms in total. The molecule has 0 unspecified atom stereocenters. The number of aromatic nitrogens is 2. The molecule has 1 aliphatic carbocycles. The van der Waals surface area contributed by atoms with Crippen LogP contribution in [-0.2, 0) is 17.4 Å². The second-order valence-electron chi connectivity index (χ2n) is 6.96. The van der Waals surface area contributed by atoms with Gasteiger partial charge in [-0.1, -0.05) is 49.2 Å². The highest BCUT2D eigenvalue weighted by molar-refractivity contribution is 5.85. The summed E-state index contributed by atoms with van der Waals surface area (Å²) in [6, 6.07) is 8.62. The quantitative estimate of drug-likeness (QED) is 0.913. The van der Waals surface area contributed by atoms with Gasteiger partial charge in [-0.2, -0.15) is 4.98 Å². The Morgan fingerprint density at radius 1 is 1.17 bits per heavy atom. The third-order valence-corrected chi connectivity index (χ3v) is 4.99. The topological polar surface area (TPSA) is 64.9 Å². The van der Waals surface area contributed by atoms with Gasteiger partial charge in [-0.05, 0) is 44.2 Å². The molecule has 1 aliphatic rings. The molecule has 1 fully saturated rings. The molecule has 23 heavy (non-hydrogen) atoms. The molecule has 2 N–H and O–H groups in total. The smallest absolute Gasteiger partial charge is 0.236 e. The molecule has 0 amide bonds. The molecule has 0 saturated heterocycles. The van der Waals surface area contributed by atoms with E-state index < -0.39 is 5.54 Å². The average molecular weight is 336 g/mol. The number of benzene rings is 1. The standard InChI is InChI=1S/C18H25N3O.ClH/c1-4-13-7-9-14(10-8-13)17(2,3)16-20-15(21-22-16)18(19)11-5-6-12-18;/h7-10H,4-6,11-12,19H2,1-3H3;1H. The monoisotopic (exact) mass is 335 g/mol. The SMILES string of the molecule is CCc1ccc(C(C)(C)c2nc(C3(N)CCCC3)no2)cc1.Cl. The van der Waals surface area contributed by atoms with Crippen LogP contribution in [0.3, 0.4) is 0 Å². The third-order valence-electron chi connectivity index (χ3n) is 4.99. The summed E-state index contributed by atoms with van der Waals surface area (Å²) in [6.45, 7) is 6.39. The van der Waals surface area contributed by atoms with Gasteiger partial charge in [0.2, 0.25) is 5.89 Å². The lowest BCUT2D eigenvalue weighted by molar-refractivity contribution is 0.318. The predicted molar refractivity (Wildman–Crippen MR) is 93.8 cm³/mol. The molecule has 2 aromatic rings. The summed E-state index contributed by atoms with van der Waals surface area (Å²) in [5, 5.41) is 4.18. The van der Waals surface area contributed by atoms with E-state index >= 15 is 0 Å². The zero-order valence-corrected chi connectivity index (χ0v) is 14.9. The molecule has 126 valence electrons. The molecule has 0 spiro atoms. The first-order valence-electron chi connectivity index (χ1n) is 8.19. The third kappa shape index (κ3) is 3.29. The number of nitrogens with zero attached hydrogens (tertiary/aromatic N) is 2. The summed E-state index contributed by atoms with van der Waals surface area (Å²) in [7, 11) is 0. The van der Waals surface area contributed by atoms with Crippen molar-refractivity contribution in [3.05, 3.63) is 47.1 Å². The molecule has 0 bridgehead atoms. The minimum absolute atomic E-state index is 0. The van der Waals surface area contributed by atoms with Crippen molar-refractivity contribution in [3.63, 3.8) is 0 Å². The van der Waals surface area contributed by atoms with E-state index in [0.717, 1.165) is 32.1 Å². The Morgan fingerprint density at radius 3 is 2.35 bits per heavy atom. The van der Waals surface area contributed by atoms with Crippen molar-refractivity contribution < 1.29 is 4.52 Å². The van der Waals surface area contributed by atoms with Gasteiger partial charge in [-0.15, -0.1) is 12.4 Å². The lowest BCUT2D eigenvalue weighted by Gasteiger charge is -2.21. The maximum atomic E-state index is 6.43. The van der Waals surface area contributed by atoms with Crippen LogP contribution in [0.15, 0.2) is 28.8 Å². The molecule has 0 radical (unpaired) electrons. The van der Waals surface area contributed by atoms with Crippen molar-refractivity contribution >= 4 is 12.4 Å². The van der Waals surface area contributed by atoms with E-state index in [2.05, 4.69) is 55.2 Å². The fraction of sp³-hybridized carbons (Fsp3) is 0.556. The van der Waals surface area contributed by atoms with E-state index in [1.807, 2.05) is 0 Å². The maximum Gasteiger partial charge on any atom is 0.236 e. The first kappa shape index (κ1) is 18.0. The predicted octanol–water partition coefficient (Wildman–Crippen LogP) is 4.11. The lowest BCUT2D eigenvalue weighted by atomic mass is 9.84. The lowest BCUT2D eigenvalue weighted by Crippen LogP contribution is -2.34. The first-order chi connectivity index (χ1) is 10.5. The van der Waals surface area contributed by atoms with Gasteiger partial charge in [-0.25, -0.2) is 0 Å². The highest BCUT2D eigenvalue weighted by Crippen LogP contribution is 2.37. The number of halogens is 1. The molecule has 0 atom stereocenters. The molecule has 1 aromatic carbocycles. The zero-order valence-electron chi connectivity index (χ0n) is 14.1. The van der Waals surface area contributed by atoms with E-state index in [-0.39, 0.29) is 17.8 Å². The Bertz CT molecular complexity index is 643. The fourth-order valence-electron chi connectivity index (χ4n) is 3.19. The first-order valence-corrected chi connectivity index (χ1v) is 8.19.